The minimum Gasteiger partial charge on any atom is -0.469 e. The highest BCUT2D eigenvalue weighted by atomic mass is 35.5. The van der Waals surface area contributed by atoms with Crippen LogP contribution in [0.5, 0.6) is 0 Å². The molecule has 0 bridgehead atoms. The molecule has 0 radical (unpaired) electrons. The van der Waals surface area contributed by atoms with Crippen LogP contribution in [0, 0.1) is 6.92 Å². The quantitative estimate of drug-likeness (QED) is 0.882. The maximum absolute atomic E-state index is 12.0. The number of benzene rings is 1. The summed E-state index contributed by atoms with van der Waals surface area (Å²) >= 11 is 5.90. The Kier molecular flexibility index (Phi) is 4.10. The number of halogens is 1. The van der Waals surface area contributed by atoms with Crippen molar-refractivity contribution in [1.82, 2.24) is 0 Å². The smallest absolute Gasteiger partial charge is 0.339 e. The Morgan fingerprint density at radius 1 is 1.25 bits per heavy atom. The Hall–Kier alpha value is -2.27. The van der Waals surface area contributed by atoms with Crippen molar-refractivity contribution in [2.24, 2.45) is 0 Å². The highest BCUT2D eigenvalue weighted by molar-refractivity contribution is 6.33. The van der Waals surface area contributed by atoms with Crippen molar-refractivity contribution in [2.45, 2.75) is 6.92 Å². The van der Waals surface area contributed by atoms with Gasteiger partial charge >= 0.3 is 5.97 Å². The Morgan fingerprint density at radius 3 is 2.60 bits per heavy atom. The van der Waals surface area contributed by atoms with Crippen LogP contribution in [-0.4, -0.2) is 19.0 Å². The van der Waals surface area contributed by atoms with Gasteiger partial charge in [0.1, 0.15) is 5.76 Å². The average molecular weight is 294 g/mol. The van der Waals surface area contributed by atoms with E-state index in [0.29, 0.717) is 17.0 Å². The fourth-order valence-corrected chi connectivity index (χ4v) is 1.88. The van der Waals surface area contributed by atoms with Crippen molar-refractivity contribution in [2.75, 3.05) is 12.4 Å². The topological polar surface area (TPSA) is 68.5 Å². The van der Waals surface area contributed by atoms with Crippen LogP contribution in [0.2, 0.25) is 5.02 Å². The standard InChI is InChI=1S/C14H12ClNO4/c1-8-10(5-6-20-8)13(17)16-9-3-4-12(15)11(7-9)14(18)19-2/h3-7H,1-2H3,(H,16,17). The second kappa shape index (κ2) is 5.79. The van der Waals surface area contributed by atoms with Crippen molar-refractivity contribution in [3.05, 3.63) is 52.4 Å². The molecule has 0 saturated carbocycles. The van der Waals surface area contributed by atoms with Gasteiger partial charge in [-0.05, 0) is 31.2 Å². The number of carbonyl (C=O) groups is 2. The van der Waals surface area contributed by atoms with Crippen LogP contribution < -0.4 is 5.32 Å². The van der Waals surface area contributed by atoms with E-state index in [1.807, 2.05) is 0 Å². The molecule has 0 aliphatic heterocycles. The van der Waals surface area contributed by atoms with Crippen LogP contribution in [0.1, 0.15) is 26.5 Å². The molecule has 1 aromatic heterocycles. The highest BCUT2D eigenvalue weighted by Gasteiger charge is 2.15. The molecular formula is C14H12ClNO4. The lowest BCUT2D eigenvalue weighted by Crippen LogP contribution is -2.13. The monoisotopic (exact) mass is 293 g/mol. The van der Waals surface area contributed by atoms with Gasteiger partial charge in [0.25, 0.3) is 5.91 Å². The van der Waals surface area contributed by atoms with Gasteiger partial charge in [-0.2, -0.15) is 0 Å². The average Bonchev–Trinajstić information content (AvgIpc) is 2.86. The number of rotatable bonds is 3. The number of methoxy groups -OCH3 is 1. The summed E-state index contributed by atoms with van der Waals surface area (Å²) in [4.78, 5) is 23.5. The normalized spacial score (nSPS) is 10.2. The second-order valence-electron chi connectivity index (χ2n) is 4.03. The van der Waals surface area contributed by atoms with Gasteiger partial charge in [-0.1, -0.05) is 11.6 Å². The minimum absolute atomic E-state index is 0.191. The van der Waals surface area contributed by atoms with Gasteiger partial charge in [-0.3, -0.25) is 4.79 Å². The number of carbonyl (C=O) groups excluding carboxylic acids is 2. The van der Waals surface area contributed by atoms with E-state index < -0.39 is 5.97 Å². The zero-order valence-electron chi connectivity index (χ0n) is 10.9. The SMILES string of the molecule is COC(=O)c1cc(NC(=O)c2ccoc2C)ccc1Cl. The Bertz CT molecular complexity index is 663. The molecule has 1 amide bonds. The van der Waals surface area contributed by atoms with Gasteiger partial charge in [0.05, 0.1) is 29.5 Å². The number of anilines is 1. The van der Waals surface area contributed by atoms with Crippen molar-refractivity contribution in [3.8, 4) is 0 Å². The van der Waals surface area contributed by atoms with Crippen LogP contribution in [0.25, 0.3) is 0 Å². The Morgan fingerprint density at radius 2 is 2.00 bits per heavy atom. The van der Waals surface area contributed by atoms with Crippen LogP contribution in [-0.2, 0) is 4.74 Å². The minimum atomic E-state index is -0.564. The molecule has 104 valence electrons. The van der Waals surface area contributed by atoms with Gasteiger partial charge in [0.15, 0.2) is 0 Å². The van der Waals surface area contributed by atoms with Crippen molar-refractivity contribution in [1.29, 1.82) is 0 Å². The molecular weight excluding hydrogens is 282 g/mol. The molecule has 2 rings (SSSR count). The van der Waals surface area contributed by atoms with E-state index in [1.165, 1.54) is 25.5 Å². The fourth-order valence-electron chi connectivity index (χ4n) is 1.69. The van der Waals surface area contributed by atoms with Crippen LogP contribution in [0.15, 0.2) is 34.9 Å². The van der Waals surface area contributed by atoms with Gasteiger partial charge in [0.2, 0.25) is 0 Å². The molecule has 20 heavy (non-hydrogen) atoms. The van der Waals surface area contributed by atoms with Crippen LogP contribution in [0.3, 0.4) is 0 Å². The van der Waals surface area contributed by atoms with Crippen LogP contribution >= 0.6 is 11.6 Å². The summed E-state index contributed by atoms with van der Waals surface area (Å²) in [5.74, 6) is -0.371. The molecule has 0 atom stereocenters. The number of ether oxygens (including phenoxy) is 1. The molecule has 6 heteroatoms. The summed E-state index contributed by atoms with van der Waals surface area (Å²) in [5, 5.41) is 2.93. The molecule has 5 nitrogen and oxygen atoms in total. The van der Waals surface area contributed by atoms with Gasteiger partial charge in [-0.15, -0.1) is 0 Å². The molecule has 0 unspecified atom stereocenters. The zero-order valence-corrected chi connectivity index (χ0v) is 11.7. The lowest BCUT2D eigenvalue weighted by molar-refractivity contribution is 0.0600. The van der Waals surface area contributed by atoms with Gasteiger partial charge in [-0.25, -0.2) is 4.79 Å². The molecule has 0 aliphatic carbocycles. The summed E-state index contributed by atoms with van der Waals surface area (Å²) in [6, 6.07) is 6.15. The lowest BCUT2D eigenvalue weighted by Gasteiger charge is -2.07. The number of nitrogens with one attached hydrogen (secondary N) is 1. The van der Waals surface area contributed by atoms with E-state index in [9.17, 15) is 9.59 Å². The van der Waals surface area contributed by atoms with Crippen molar-refractivity contribution < 1.29 is 18.7 Å². The predicted octanol–water partition coefficient (Wildman–Crippen LogP) is 3.28. The molecule has 1 N–H and O–H groups in total. The molecule has 0 aliphatic rings. The third kappa shape index (κ3) is 2.83. The van der Waals surface area contributed by atoms with Crippen LogP contribution in [0.4, 0.5) is 5.69 Å². The van der Waals surface area contributed by atoms with E-state index in [1.54, 1.807) is 19.1 Å². The Balaban J connectivity index is 2.24. The maximum Gasteiger partial charge on any atom is 0.339 e. The van der Waals surface area contributed by atoms with E-state index in [4.69, 9.17) is 16.0 Å². The molecule has 1 heterocycles. The number of aryl methyl sites for hydroxylation is 1. The zero-order chi connectivity index (χ0) is 14.7. The predicted molar refractivity (Wildman–Crippen MR) is 74.2 cm³/mol. The highest BCUT2D eigenvalue weighted by Crippen LogP contribution is 2.22. The largest absolute Gasteiger partial charge is 0.469 e. The fraction of sp³-hybridized carbons (Fsp3) is 0.143. The third-order valence-corrected chi connectivity index (χ3v) is 3.06. The maximum atomic E-state index is 12.0. The molecule has 0 fully saturated rings. The lowest BCUT2D eigenvalue weighted by atomic mass is 10.2. The number of furan rings is 1. The summed E-state index contributed by atoms with van der Waals surface area (Å²) in [6.07, 6.45) is 1.44. The number of hydrogen-bond acceptors (Lipinski definition) is 4. The van der Waals surface area contributed by atoms with Gasteiger partial charge < -0.3 is 14.5 Å². The Labute approximate surface area is 120 Å². The first-order chi connectivity index (χ1) is 9.52. The first-order valence-electron chi connectivity index (χ1n) is 5.76. The van der Waals surface area contributed by atoms with Crippen molar-refractivity contribution >= 4 is 29.2 Å². The number of amides is 1. The first-order valence-corrected chi connectivity index (χ1v) is 6.14. The van der Waals surface area contributed by atoms with Gasteiger partial charge in [0, 0.05) is 5.69 Å². The van der Waals surface area contributed by atoms with E-state index in [-0.39, 0.29) is 16.5 Å². The third-order valence-electron chi connectivity index (χ3n) is 2.73. The van der Waals surface area contributed by atoms with Crippen molar-refractivity contribution in [3.63, 3.8) is 0 Å². The summed E-state index contributed by atoms with van der Waals surface area (Å²) in [5.41, 5.74) is 1.07. The van der Waals surface area contributed by atoms with E-state index >= 15 is 0 Å². The second-order valence-corrected chi connectivity index (χ2v) is 4.44. The summed E-state index contributed by atoms with van der Waals surface area (Å²) in [6.45, 7) is 1.69. The first kappa shape index (κ1) is 14.1. The number of hydrogen-bond donors (Lipinski definition) is 1. The van der Waals surface area contributed by atoms with E-state index in [0.717, 1.165) is 0 Å². The summed E-state index contributed by atoms with van der Waals surface area (Å²) < 4.78 is 9.68. The molecule has 0 saturated heterocycles. The molecule has 2 aromatic rings. The number of esters is 1. The molecule has 1 aromatic carbocycles. The molecule has 0 spiro atoms. The van der Waals surface area contributed by atoms with E-state index in [2.05, 4.69) is 10.1 Å². The summed E-state index contributed by atoms with van der Waals surface area (Å²) in [7, 11) is 1.26.